The third-order valence-corrected chi connectivity index (χ3v) is 3.26. The molecule has 13 heavy (non-hydrogen) atoms. The minimum absolute atomic E-state index is 0.684. The van der Waals surface area contributed by atoms with Crippen LogP contribution in [0.4, 0.5) is 0 Å². The first kappa shape index (κ1) is 7.51. The van der Waals surface area contributed by atoms with Gasteiger partial charge in [0.2, 0.25) is 0 Å². The minimum atomic E-state index is 0.684. The summed E-state index contributed by atoms with van der Waals surface area (Å²) < 4.78 is 0. The Labute approximate surface area is 78.4 Å². The molecule has 1 fully saturated rings. The van der Waals surface area contributed by atoms with Gasteiger partial charge in [0.15, 0.2) is 0 Å². The molecule has 3 rings (SSSR count). The number of pyridine rings is 1. The van der Waals surface area contributed by atoms with E-state index in [-0.39, 0.29) is 0 Å². The molecule has 2 nitrogen and oxygen atoms in total. The Kier molecular flexibility index (Phi) is 1.62. The number of nitrogens with zero attached hydrogens (tertiary/aromatic N) is 1. The molecule has 0 saturated carbocycles. The van der Waals surface area contributed by atoms with Gasteiger partial charge in [0.1, 0.15) is 0 Å². The van der Waals surface area contributed by atoms with Gasteiger partial charge in [-0.2, -0.15) is 0 Å². The van der Waals surface area contributed by atoms with Gasteiger partial charge in [0, 0.05) is 24.4 Å². The molecule has 68 valence electrons. The second kappa shape index (κ2) is 2.81. The zero-order chi connectivity index (χ0) is 8.67. The molecule has 0 aromatic carbocycles. The van der Waals surface area contributed by atoms with Crippen molar-refractivity contribution >= 4 is 0 Å². The van der Waals surface area contributed by atoms with E-state index in [4.69, 9.17) is 0 Å². The Morgan fingerprint density at radius 3 is 3.38 bits per heavy atom. The molecule has 1 aromatic heterocycles. The lowest BCUT2D eigenvalue weighted by Gasteiger charge is -2.35. The van der Waals surface area contributed by atoms with E-state index >= 15 is 0 Å². The standard InChI is InChI=1S/C11H14N2/c1-2-9-4-8-5-10(7-12-6-8)11(9)13-3-1/h1-3,8,10,12H,4-7H2/t8?,10-/m0/s1. The number of aromatic nitrogens is 1. The summed E-state index contributed by atoms with van der Waals surface area (Å²) >= 11 is 0. The molecule has 0 radical (unpaired) electrons. The van der Waals surface area contributed by atoms with Crippen molar-refractivity contribution in [3.05, 3.63) is 29.6 Å². The maximum atomic E-state index is 4.50. The van der Waals surface area contributed by atoms with Crippen molar-refractivity contribution in [1.29, 1.82) is 0 Å². The van der Waals surface area contributed by atoms with Crippen LogP contribution in [-0.2, 0) is 6.42 Å². The molecule has 0 amide bonds. The van der Waals surface area contributed by atoms with E-state index in [1.807, 2.05) is 6.20 Å². The predicted octanol–water partition coefficient (Wildman–Crippen LogP) is 1.33. The van der Waals surface area contributed by atoms with Crippen LogP contribution in [0.15, 0.2) is 18.3 Å². The Bertz CT molecular complexity index is 322. The lowest BCUT2D eigenvalue weighted by molar-refractivity contribution is 0.313. The molecule has 2 heterocycles. The maximum Gasteiger partial charge on any atom is 0.0479 e. The van der Waals surface area contributed by atoms with Crippen LogP contribution in [0.25, 0.3) is 0 Å². The second-order valence-electron chi connectivity index (χ2n) is 4.21. The summed E-state index contributed by atoms with van der Waals surface area (Å²) in [6.45, 7) is 2.32. The van der Waals surface area contributed by atoms with Crippen molar-refractivity contribution in [2.45, 2.75) is 18.8 Å². The number of rotatable bonds is 0. The first-order chi connectivity index (χ1) is 6.43. The molecular weight excluding hydrogens is 160 g/mol. The van der Waals surface area contributed by atoms with Gasteiger partial charge in [0.25, 0.3) is 0 Å². The lowest BCUT2D eigenvalue weighted by Crippen LogP contribution is -2.39. The fourth-order valence-corrected chi connectivity index (χ4v) is 2.70. The monoisotopic (exact) mass is 174 g/mol. The van der Waals surface area contributed by atoms with Gasteiger partial charge in [-0.05, 0) is 36.9 Å². The van der Waals surface area contributed by atoms with Gasteiger partial charge < -0.3 is 5.32 Å². The number of piperidine rings is 1. The average Bonchev–Trinajstić information content (AvgIpc) is 2.18. The second-order valence-corrected chi connectivity index (χ2v) is 4.21. The van der Waals surface area contributed by atoms with E-state index in [9.17, 15) is 0 Å². The number of hydrogen-bond acceptors (Lipinski definition) is 2. The van der Waals surface area contributed by atoms with E-state index in [0.717, 1.165) is 12.5 Å². The van der Waals surface area contributed by atoms with Gasteiger partial charge in [-0.1, -0.05) is 6.07 Å². The van der Waals surface area contributed by atoms with Crippen LogP contribution in [0.3, 0.4) is 0 Å². The van der Waals surface area contributed by atoms with Crippen LogP contribution in [0.5, 0.6) is 0 Å². The van der Waals surface area contributed by atoms with E-state index in [0.29, 0.717) is 5.92 Å². The maximum absolute atomic E-state index is 4.50. The molecule has 1 aliphatic carbocycles. The molecule has 1 aliphatic heterocycles. The summed E-state index contributed by atoms with van der Waals surface area (Å²) in [6.07, 6.45) is 4.50. The van der Waals surface area contributed by atoms with E-state index in [1.54, 1.807) is 0 Å². The van der Waals surface area contributed by atoms with Crippen molar-refractivity contribution in [1.82, 2.24) is 10.3 Å². The number of hydrogen-bond donors (Lipinski definition) is 1. The van der Waals surface area contributed by atoms with Gasteiger partial charge in [-0.15, -0.1) is 0 Å². The summed E-state index contributed by atoms with van der Waals surface area (Å²) in [4.78, 5) is 4.50. The average molecular weight is 174 g/mol. The van der Waals surface area contributed by atoms with Gasteiger partial charge in [0.05, 0.1) is 0 Å². The fraction of sp³-hybridized carbons (Fsp3) is 0.545. The smallest absolute Gasteiger partial charge is 0.0479 e. The fourth-order valence-electron chi connectivity index (χ4n) is 2.70. The van der Waals surface area contributed by atoms with E-state index < -0.39 is 0 Å². The first-order valence-corrected chi connectivity index (χ1v) is 5.08. The Hall–Kier alpha value is -0.890. The summed E-state index contributed by atoms with van der Waals surface area (Å²) in [5.74, 6) is 1.54. The Balaban J connectivity index is 2.06. The summed E-state index contributed by atoms with van der Waals surface area (Å²) in [5, 5.41) is 3.49. The summed E-state index contributed by atoms with van der Waals surface area (Å²) in [6, 6.07) is 4.31. The molecule has 2 bridgehead atoms. The van der Waals surface area contributed by atoms with Crippen molar-refractivity contribution in [2.75, 3.05) is 13.1 Å². The highest BCUT2D eigenvalue weighted by atomic mass is 14.9. The molecule has 0 spiro atoms. The number of fused-ring (bicyclic) bond motifs is 4. The SMILES string of the molecule is c1cnc2c(c1)CC1CNC[C@@H]2C1. The van der Waals surface area contributed by atoms with E-state index in [2.05, 4.69) is 22.4 Å². The summed E-state index contributed by atoms with van der Waals surface area (Å²) in [7, 11) is 0. The highest BCUT2D eigenvalue weighted by Crippen LogP contribution is 2.34. The van der Waals surface area contributed by atoms with Crippen LogP contribution >= 0.6 is 0 Å². The third kappa shape index (κ3) is 1.17. The highest BCUT2D eigenvalue weighted by Gasteiger charge is 2.30. The van der Waals surface area contributed by atoms with Crippen LogP contribution < -0.4 is 5.32 Å². The van der Waals surface area contributed by atoms with Gasteiger partial charge in [-0.25, -0.2) is 0 Å². The Morgan fingerprint density at radius 1 is 1.38 bits per heavy atom. The van der Waals surface area contributed by atoms with E-state index in [1.165, 1.54) is 30.6 Å². The quantitative estimate of drug-likeness (QED) is 0.642. The van der Waals surface area contributed by atoms with Crippen molar-refractivity contribution in [3.63, 3.8) is 0 Å². The third-order valence-electron chi connectivity index (χ3n) is 3.26. The van der Waals surface area contributed by atoms with Crippen molar-refractivity contribution in [2.24, 2.45) is 5.92 Å². The van der Waals surface area contributed by atoms with Crippen LogP contribution in [0.2, 0.25) is 0 Å². The molecule has 2 heteroatoms. The molecule has 1 saturated heterocycles. The van der Waals surface area contributed by atoms with Crippen LogP contribution in [0, 0.1) is 5.92 Å². The predicted molar refractivity (Wildman–Crippen MR) is 51.7 cm³/mol. The zero-order valence-electron chi connectivity index (χ0n) is 7.66. The lowest BCUT2D eigenvalue weighted by atomic mass is 9.77. The molecule has 1 unspecified atom stereocenters. The molecular formula is C11H14N2. The van der Waals surface area contributed by atoms with Crippen molar-refractivity contribution < 1.29 is 0 Å². The summed E-state index contributed by atoms with van der Waals surface area (Å²) in [5.41, 5.74) is 2.84. The zero-order valence-corrected chi connectivity index (χ0v) is 7.66. The van der Waals surface area contributed by atoms with Gasteiger partial charge >= 0.3 is 0 Å². The minimum Gasteiger partial charge on any atom is -0.316 e. The van der Waals surface area contributed by atoms with Crippen LogP contribution in [-0.4, -0.2) is 18.1 Å². The van der Waals surface area contributed by atoms with Crippen molar-refractivity contribution in [3.8, 4) is 0 Å². The van der Waals surface area contributed by atoms with Gasteiger partial charge in [-0.3, -0.25) is 4.98 Å². The number of nitrogens with one attached hydrogen (secondary N) is 1. The highest BCUT2D eigenvalue weighted by molar-refractivity contribution is 5.28. The normalized spacial score (nSPS) is 31.1. The molecule has 2 aliphatic rings. The molecule has 1 N–H and O–H groups in total. The van der Waals surface area contributed by atoms with Crippen LogP contribution in [0.1, 0.15) is 23.6 Å². The largest absolute Gasteiger partial charge is 0.316 e. The molecule has 1 aromatic rings. The molecule has 2 atom stereocenters. The first-order valence-electron chi connectivity index (χ1n) is 5.08. The Morgan fingerprint density at radius 2 is 2.38 bits per heavy atom. The topological polar surface area (TPSA) is 24.9 Å².